The van der Waals surface area contributed by atoms with E-state index in [1.807, 2.05) is 0 Å². The second-order valence-electron chi connectivity index (χ2n) is 10.4. The number of rotatable bonds is 11. The minimum absolute atomic E-state index is 0.0689. The summed E-state index contributed by atoms with van der Waals surface area (Å²) in [7, 11) is 1.25. The van der Waals surface area contributed by atoms with E-state index in [0.717, 1.165) is 0 Å². The molecule has 2 aliphatic rings. The summed E-state index contributed by atoms with van der Waals surface area (Å²) in [6.45, 7) is 0.663. The third-order valence-corrected chi connectivity index (χ3v) is 7.42. The number of nitrogens with one attached hydrogen (secondary N) is 1. The Morgan fingerprint density at radius 1 is 0.822 bits per heavy atom. The van der Waals surface area contributed by atoms with Gasteiger partial charge in [-0.25, -0.2) is 19.2 Å². The first kappa shape index (κ1) is 31.4. The number of methoxy groups -OCH3 is 1. The number of hydrogen-bond acceptors (Lipinski definition) is 11. The van der Waals surface area contributed by atoms with E-state index < -0.39 is 72.6 Å². The smallest absolute Gasteiger partial charge is 0.367 e. The van der Waals surface area contributed by atoms with Crippen molar-refractivity contribution in [3.63, 3.8) is 0 Å². The Balaban J connectivity index is 1.55. The highest BCUT2D eigenvalue weighted by Crippen LogP contribution is 2.41. The Hall–Kier alpha value is -5.07. The van der Waals surface area contributed by atoms with Gasteiger partial charge in [-0.2, -0.15) is 0 Å². The van der Waals surface area contributed by atoms with Gasteiger partial charge in [-0.1, -0.05) is 54.6 Å². The molecule has 0 spiro atoms. The number of ether oxygens (including phenoxy) is 6. The van der Waals surface area contributed by atoms with Crippen LogP contribution in [-0.2, 0) is 38.0 Å². The van der Waals surface area contributed by atoms with Gasteiger partial charge in [0.05, 0.1) is 29.2 Å². The SMILES string of the molecule is CO[C@]12C[C@H](OC1=O)[C@@H](NC(C)=O)[C@H]([C@H](OC(=O)c1ccccc1)[C@@H](COC(=O)c1ccccc1)OC(=O)c1ccccc1)O2. The highest BCUT2D eigenvalue weighted by Gasteiger charge is 2.63. The van der Waals surface area contributed by atoms with Crippen LogP contribution in [0.25, 0.3) is 0 Å². The normalized spacial score (nSPS) is 23.2. The predicted octanol–water partition coefficient (Wildman–Crippen LogP) is 2.86. The maximum Gasteiger partial charge on any atom is 0.367 e. The van der Waals surface area contributed by atoms with Crippen molar-refractivity contribution in [1.82, 2.24) is 5.32 Å². The first-order chi connectivity index (χ1) is 21.7. The lowest BCUT2D eigenvalue weighted by molar-refractivity contribution is -0.269. The van der Waals surface area contributed by atoms with Crippen LogP contribution in [0.15, 0.2) is 91.0 Å². The molecule has 0 aliphatic carbocycles. The van der Waals surface area contributed by atoms with Gasteiger partial charge in [0.25, 0.3) is 5.79 Å². The van der Waals surface area contributed by atoms with Gasteiger partial charge in [0.2, 0.25) is 5.91 Å². The third kappa shape index (κ3) is 7.03. The molecule has 12 nitrogen and oxygen atoms in total. The molecule has 234 valence electrons. The van der Waals surface area contributed by atoms with Crippen molar-refractivity contribution in [3.05, 3.63) is 108 Å². The molecule has 2 saturated heterocycles. The summed E-state index contributed by atoms with van der Waals surface area (Å²) in [6.07, 6.45) is -5.45. The van der Waals surface area contributed by atoms with E-state index in [4.69, 9.17) is 28.4 Å². The van der Waals surface area contributed by atoms with Crippen LogP contribution in [0.3, 0.4) is 0 Å². The summed E-state index contributed by atoms with van der Waals surface area (Å²) >= 11 is 0. The van der Waals surface area contributed by atoms with Crippen LogP contribution < -0.4 is 5.32 Å². The fourth-order valence-corrected chi connectivity index (χ4v) is 5.23. The van der Waals surface area contributed by atoms with Crippen LogP contribution in [0.5, 0.6) is 0 Å². The van der Waals surface area contributed by atoms with Crippen molar-refractivity contribution in [2.75, 3.05) is 13.7 Å². The van der Waals surface area contributed by atoms with Gasteiger partial charge in [0.1, 0.15) is 18.8 Å². The molecule has 2 heterocycles. The Morgan fingerprint density at radius 2 is 1.33 bits per heavy atom. The first-order valence-electron chi connectivity index (χ1n) is 14.2. The molecule has 3 aromatic rings. The van der Waals surface area contributed by atoms with Crippen molar-refractivity contribution in [2.24, 2.45) is 0 Å². The molecular formula is C33H31NO11. The van der Waals surface area contributed by atoms with Crippen LogP contribution in [0.4, 0.5) is 0 Å². The minimum atomic E-state index is -1.89. The van der Waals surface area contributed by atoms with E-state index in [2.05, 4.69) is 5.32 Å². The van der Waals surface area contributed by atoms with Gasteiger partial charge < -0.3 is 33.7 Å². The van der Waals surface area contributed by atoms with Crippen LogP contribution in [-0.4, -0.2) is 79.7 Å². The number of amides is 1. The number of carbonyl (C=O) groups is 5. The third-order valence-electron chi connectivity index (χ3n) is 7.42. The summed E-state index contributed by atoms with van der Waals surface area (Å²) in [4.78, 5) is 65.1. The molecule has 0 saturated carbocycles. The highest BCUT2D eigenvalue weighted by molar-refractivity contribution is 5.91. The first-order valence-corrected chi connectivity index (χ1v) is 14.2. The Labute approximate surface area is 258 Å². The fraction of sp³-hybridized carbons (Fsp3) is 0.303. The maximum absolute atomic E-state index is 13.5. The van der Waals surface area contributed by atoms with E-state index in [1.54, 1.807) is 66.7 Å². The number of esters is 4. The summed E-state index contributed by atoms with van der Waals surface area (Å²) in [6, 6.07) is 23.1. The molecule has 0 radical (unpaired) electrons. The maximum atomic E-state index is 13.5. The van der Waals surface area contributed by atoms with Gasteiger partial charge in [-0.15, -0.1) is 0 Å². The lowest BCUT2D eigenvalue weighted by Gasteiger charge is -2.43. The average Bonchev–Trinajstić information content (AvgIpc) is 3.34. The second-order valence-corrected chi connectivity index (χ2v) is 10.4. The lowest BCUT2D eigenvalue weighted by Crippen LogP contribution is -2.64. The van der Waals surface area contributed by atoms with Gasteiger partial charge in [0.15, 0.2) is 12.2 Å². The molecule has 45 heavy (non-hydrogen) atoms. The molecule has 1 amide bonds. The largest absolute Gasteiger partial charge is 0.458 e. The minimum Gasteiger partial charge on any atom is -0.458 e. The zero-order valence-corrected chi connectivity index (χ0v) is 24.5. The molecule has 2 fully saturated rings. The molecule has 2 bridgehead atoms. The summed E-state index contributed by atoms with van der Waals surface area (Å²) < 4.78 is 34.5. The molecule has 1 N–H and O–H groups in total. The van der Waals surface area contributed by atoms with Gasteiger partial charge >= 0.3 is 23.9 Å². The highest BCUT2D eigenvalue weighted by atomic mass is 16.8. The Kier molecular flexibility index (Phi) is 9.55. The molecular weight excluding hydrogens is 586 g/mol. The molecule has 0 unspecified atom stereocenters. The molecule has 0 aromatic heterocycles. The van der Waals surface area contributed by atoms with E-state index in [1.165, 1.54) is 38.3 Å². The zero-order valence-electron chi connectivity index (χ0n) is 24.5. The monoisotopic (exact) mass is 617 g/mol. The quantitative estimate of drug-likeness (QED) is 0.250. The fourth-order valence-electron chi connectivity index (χ4n) is 5.23. The van der Waals surface area contributed by atoms with Gasteiger partial charge in [0, 0.05) is 14.0 Å². The Bertz CT molecular complexity index is 1530. The molecule has 2 aliphatic heterocycles. The van der Waals surface area contributed by atoms with E-state index in [9.17, 15) is 24.0 Å². The molecule has 12 heteroatoms. The van der Waals surface area contributed by atoms with Crippen molar-refractivity contribution in [2.45, 2.75) is 49.6 Å². The average molecular weight is 618 g/mol. The van der Waals surface area contributed by atoms with Crippen molar-refractivity contribution >= 4 is 29.8 Å². The topological polar surface area (TPSA) is 153 Å². The summed E-state index contributed by atoms with van der Waals surface area (Å²) in [5, 5.41) is 2.71. The van der Waals surface area contributed by atoms with Crippen LogP contribution in [0, 0.1) is 0 Å². The van der Waals surface area contributed by atoms with Gasteiger partial charge in [-0.05, 0) is 36.4 Å². The lowest BCUT2D eigenvalue weighted by atomic mass is 9.90. The van der Waals surface area contributed by atoms with E-state index in [0.29, 0.717) is 0 Å². The number of carbonyl (C=O) groups excluding carboxylic acids is 5. The summed E-state index contributed by atoms with van der Waals surface area (Å²) in [5.74, 6) is -5.62. The predicted molar refractivity (Wildman–Crippen MR) is 155 cm³/mol. The summed E-state index contributed by atoms with van der Waals surface area (Å²) in [5.41, 5.74) is 0.546. The van der Waals surface area contributed by atoms with Crippen LogP contribution in [0.2, 0.25) is 0 Å². The van der Waals surface area contributed by atoms with Crippen LogP contribution >= 0.6 is 0 Å². The second kappa shape index (κ2) is 13.7. The van der Waals surface area contributed by atoms with Gasteiger partial charge in [-0.3, -0.25) is 4.79 Å². The number of benzene rings is 3. The van der Waals surface area contributed by atoms with Crippen molar-refractivity contribution in [1.29, 1.82) is 0 Å². The van der Waals surface area contributed by atoms with E-state index in [-0.39, 0.29) is 23.1 Å². The van der Waals surface area contributed by atoms with Crippen molar-refractivity contribution < 1.29 is 52.4 Å². The van der Waals surface area contributed by atoms with E-state index >= 15 is 0 Å². The number of fused-ring (bicyclic) bond motifs is 2. The Morgan fingerprint density at radius 3 is 1.84 bits per heavy atom. The molecule has 5 rings (SSSR count). The van der Waals surface area contributed by atoms with Crippen molar-refractivity contribution in [3.8, 4) is 0 Å². The molecule has 3 aromatic carbocycles. The van der Waals surface area contributed by atoms with Crippen LogP contribution in [0.1, 0.15) is 44.4 Å². The standard InChI is InChI=1S/C33H31NO11/c1-20(35)34-26-24-18-33(40-2,32(39)43-24)45-28(26)27(44-31(38)23-16-10-5-11-17-23)25(42-30(37)22-14-8-4-9-15-22)19-41-29(36)21-12-6-3-7-13-21/h3-17,24-28H,18-19H2,1-2H3,(H,34,35)/t24-,25+,26+,27+,28+,33-/m0/s1. The number of hydrogen-bond donors (Lipinski definition) is 1. The molecule has 6 atom stereocenters. The zero-order chi connectivity index (χ0) is 32.0.